The van der Waals surface area contributed by atoms with E-state index < -0.39 is 67.4 Å². The van der Waals surface area contributed by atoms with Crippen LogP contribution in [0.25, 0.3) is 0 Å². The van der Waals surface area contributed by atoms with Gasteiger partial charge >= 0.3 is 5.97 Å². The number of rotatable bonds is 45. The number of hydrogen-bond acceptors (Lipinski definition) is 10. The van der Waals surface area contributed by atoms with Crippen LogP contribution in [0.15, 0.2) is 72.9 Å². The highest BCUT2D eigenvalue weighted by molar-refractivity contribution is 5.80. The Hall–Kier alpha value is -2.90. The molecule has 8 unspecified atom stereocenters. The van der Waals surface area contributed by atoms with Crippen molar-refractivity contribution in [1.29, 1.82) is 0 Å². The third kappa shape index (κ3) is 35.0. The molecule has 0 aliphatic carbocycles. The molecule has 0 saturated carbocycles. The third-order valence-electron chi connectivity index (χ3n) is 12.7. The van der Waals surface area contributed by atoms with E-state index >= 15 is 0 Å². The zero-order valence-corrected chi connectivity index (χ0v) is 43.7. The summed E-state index contributed by atoms with van der Waals surface area (Å²) in [5, 5.41) is 56.7. The quantitative estimate of drug-likeness (QED) is 0.0149. The fourth-order valence-corrected chi connectivity index (χ4v) is 8.28. The second kappa shape index (κ2) is 46.2. The minimum absolute atomic E-state index is 0.110. The van der Waals surface area contributed by atoms with E-state index in [4.69, 9.17) is 14.2 Å². The number of carbonyl (C=O) groups is 2. The Bertz CT molecular complexity index is 1390. The topological polar surface area (TPSA) is 175 Å². The van der Waals surface area contributed by atoms with E-state index in [0.29, 0.717) is 12.8 Å². The first-order valence-electron chi connectivity index (χ1n) is 27.7. The number of unbranched alkanes of at least 4 members (excludes halogenated alkanes) is 23. The van der Waals surface area contributed by atoms with Gasteiger partial charge in [-0.2, -0.15) is 0 Å². The SMILES string of the molecule is CC/C=C/C=C/C=C/CCCCCCCCC(O)C(=O)NC(COC1OC(CO)C(O)C(O)C1OC(=O)CCCCCCCCC/C=C/C/C=C/CC)C(O)/C=C/CCCCCCCCCCCC. The van der Waals surface area contributed by atoms with Gasteiger partial charge in [0.05, 0.1) is 25.4 Å². The van der Waals surface area contributed by atoms with Gasteiger partial charge in [0.1, 0.15) is 24.4 Å². The Balaban J connectivity index is 2.77. The molecule has 398 valence electrons. The van der Waals surface area contributed by atoms with Crippen LogP contribution in [0.1, 0.15) is 220 Å². The lowest BCUT2D eigenvalue weighted by atomic mass is 9.99. The molecule has 1 heterocycles. The molecule has 1 saturated heterocycles. The standard InChI is InChI=1S/C58H101NO10/c1-4-7-10-13-16-19-22-25-27-30-33-36-39-42-45-51(62)57(66)59-49(50(61)44-41-38-35-32-29-24-21-18-15-12-9-6-3)48-67-58-56(55(65)54(64)52(47-60)68-58)69-53(63)46-43-40-37-34-31-28-26-23-20-17-14-11-8-5-2/h7-8,10-11,13,16-17,19-20,22,41,44,49-52,54-56,58,60-62,64-65H,4-6,9,12,14-15,18,21,23-40,42-43,45-48H2,1-3H3,(H,59,66)/b10-7+,11-8+,16-13+,20-17+,22-19+,44-41+. The van der Waals surface area contributed by atoms with Gasteiger partial charge in [-0.1, -0.05) is 216 Å². The molecular weight excluding hydrogens is 871 g/mol. The van der Waals surface area contributed by atoms with Gasteiger partial charge < -0.3 is 45.1 Å². The van der Waals surface area contributed by atoms with E-state index in [1.807, 2.05) is 18.2 Å². The van der Waals surface area contributed by atoms with E-state index in [1.165, 1.54) is 64.2 Å². The lowest BCUT2D eigenvalue weighted by molar-refractivity contribution is -0.305. The summed E-state index contributed by atoms with van der Waals surface area (Å²) >= 11 is 0. The summed E-state index contributed by atoms with van der Waals surface area (Å²) in [5.41, 5.74) is 0. The summed E-state index contributed by atoms with van der Waals surface area (Å²) in [5.74, 6) is -1.22. The van der Waals surface area contributed by atoms with Crippen LogP contribution in [0.2, 0.25) is 0 Å². The molecule has 0 spiro atoms. The summed E-state index contributed by atoms with van der Waals surface area (Å²) in [7, 11) is 0. The van der Waals surface area contributed by atoms with E-state index in [1.54, 1.807) is 6.08 Å². The Kier molecular flexibility index (Phi) is 42.9. The largest absolute Gasteiger partial charge is 0.454 e. The molecule has 1 aliphatic rings. The van der Waals surface area contributed by atoms with Gasteiger partial charge in [0.25, 0.3) is 0 Å². The van der Waals surface area contributed by atoms with Gasteiger partial charge in [-0.15, -0.1) is 0 Å². The fraction of sp³-hybridized carbons (Fsp3) is 0.759. The van der Waals surface area contributed by atoms with Gasteiger partial charge in [0.2, 0.25) is 5.91 Å². The summed E-state index contributed by atoms with van der Waals surface area (Å²) in [6.07, 6.45) is 46.6. The van der Waals surface area contributed by atoms with Crippen LogP contribution in [0.5, 0.6) is 0 Å². The highest BCUT2D eigenvalue weighted by atomic mass is 16.7. The third-order valence-corrected chi connectivity index (χ3v) is 12.7. The van der Waals surface area contributed by atoms with Crippen LogP contribution in [-0.2, 0) is 23.8 Å². The summed E-state index contributed by atoms with van der Waals surface area (Å²) in [4.78, 5) is 26.4. The van der Waals surface area contributed by atoms with E-state index in [0.717, 1.165) is 109 Å². The molecule has 1 fully saturated rings. The number of carbonyl (C=O) groups excluding carboxylic acids is 2. The molecule has 1 amide bonds. The molecule has 0 aromatic heterocycles. The smallest absolute Gasteiger partial charge is 0.306 e. The van der Waals surface area contributed by atoms with Crippen molar-refractivity contribution in [2.75, 3.05) is 13.2 Å². The number of nitrogens with one attached hydrogen (secondary N) is 1. The van der Waals surface area contributed by atoms with Crippen molar-refractivity contribution in [3.8, 4) is 0 Å². The lowest BCUT2D eigenvalue weighted by Crippen LogP contribution is -2.61. The predicted octanol–water partition coefficient (Wildman–Crippen LogP) is 12.1. The first-order valence-corrected chi connectivity index (χ1v) is 27.7. The van der Waals surface area contributed by atoms with Gasteiger partial charge in [0.15, 0.2) is 12.4 Å². The van der Waals surface area contributed by atoms with Crippen molar-refractivity contribution < 1.29 is 49.3 Å². The number of hydrogen-bond donors (Lipinski definition) is 6. The van der Waals surface area contributed by atoms with Crippen LogP contribution >= 0.6 is 0 Å². The van der Waals surface area contributed by atoms with Crippen molar-refractivity contribution in [1.82, 2.24) is 5.32 Å². The molecule has 69 heavy (non-hydrogen) atoms. The highest BCUT2D eigenvalue weighted by Gasteiger charge is 2.47. The molecule has 11 nitrogen and oxygen atoms in total. The summed E-state index contributed by atoms with van der Waals surface area (Å²) < 4.78 is 17.5. The van der Waals surface area contributed by atoms with Crippen LogP contribution < -0.4 is 5.32 Å². The number of amides is 1. The van der Waals surface area contributed by atoms with E-state index in [-0.39, 0.29) is 19.4 Å². The maximum Gasteiger partial charge on any atom is 0.306 e. The van der Waals surface area contributed by atoms with Crippen LogP contribution in [0.3, 0.4) is 0 Å². The molecule has 0 aromatic carbocycles. The van der Waals surface area contributed by atoms with Gasteiger partial charge in [-0.3, -0.25) is 9.59 Å². The molecule has 6 N–H and O–H groups in total. The number of aliphatic hydroxyl groups excluding tert-OH is 5. The molecule has 1 rings (SSSR count). The monoisotopic (exact) mass is 972 g/mol. The first kappa shape index (κ1) is 64.1. The second-order valence-electron chi connectivity index (χ2n) is 19.0. The molecule has 0 bridgehead atoms. The Labute approximate surface area is 420 Å². The summed E-state index contributed by atoms with van der Waals surface area (Å²) in [6.45, 7) is 5.51. The van der Waals surface area contributed by atoms with Crippen LogP contribution in [0.4, 0.5) is 0 Å². The maximum atomic E-state index is 13.3. The Morgan fingerprint density at radius 1 is 0.594 bits per heavy atom. The van der Waals surface area contributed by atoms with Crippen molar-refractivity contribution in [3.63, 3.8) is 0 Å². The minimum Gasteiger partial charge on any atom is -0.454 e. The molecule has 0 aromatic rings. The van der Waals surface area contributed by atoms with Crippen molar-refractivity contribution in [2.45, 2.75) is 269 Å². The zero-order chi connectivity index (χ0) is 50.4. The van der Waals surface area contributed by atoms with Gasteiger partial charge in [-0.25, -0.2) is 0 Å². The number of esters is 1. The Morgan fingerprint density at radius 2 is 1.12 bits per heavy atom. The number of ether oxygens (including phenoxy) is 3. The zero-order valence-electron chi connectivity index (χ0n) is 43.7. The van der Waals surface area contributed by atoms with Crippen LogP contribution in [0, 0.1) is 0 Å². The van der Waals surface area contributed by atoms with Gasteiger partial charge in [-0.05, 0) is 70.6 Å². The van der Waals surface area contributed by atoms with Crippen molar-refractivity contribution in [2.24, 2.45) is 0 Å². The maximum absolute atomic E-state index is 13.3. The van der Waals surface area contributed by atoms with Crippen LogP contribution in [-0.4, -0.2) is 99.6 Å². The fourth-order valence-electron chi connectivity index (χ4n) is 8.28. The molecule has 1 aliphatic heterocycles. The van der Waals surface area contributed by atoms with E-state index in [9.17, 15) is 35.1 Å². The average molecular weight is 972 g/mol. The highest BCUT2D eigenvalue weighted by Crippen LogP contribution is 2.26. The number of aliphatic hydroxyl groups is 5. The number of allylic oxidation sites excluding steroid dienone is 11. The predicted molar refractivity (Wildman–Crippen MR) is 283 cm³/mol. The van der Waals surface area contributed by atoms with E-state index in [2.05, 4.69) is 74.7 Å². The Morgan fingerprint density at radius 3 is 1.71 bits per heavy atom. The van der Waals surface area contributed by atoms with Crippen molar-refractivity contribution in [3.05, 3.63) is 72.9 Å². The second-order valence-corrected chi connectivity index (χ2v) is 19.0. The van der Waals surface area contributed by atoms with Crippen molar-refractivity contribution >= 4 is 11.9 Å². The van der Waals surface area contributed by atoms with Gasteiger partial charge in [0, 0.05) is 6.42 Å². The molecule has 8 atom stereocenters. The molecule has 0 radical (unpaired) electrons. The first-order chi connectivity index (χ1) is 33.7. The minimum atomic E-state index is -1.62. The molecule has 11 heteroatoms. The summed E-state index contributed by atoms with van der Waals surface area (Å²) in [6, 6.07) is -1.03. The average Bonchev–Trinajstić information content (AvgIpc) is 3.34. The molecular formula is C58H101NO10. The normalized spacial score (nSPS) is 20.4. The lowest BCUT2D eigenvalue weighted by Gasteiger charge is -2.41.